The number of fused-ring (bicyclic) bond motifs is 3. The summed E-state index contributed by atoms with van der Waals surface area (Å²) in [6, 6.07) is 18.3. The number of rotatable bonds is 4. The van der Waals surface area contributed by atoms with Gasteiger partial charge in [0.05, 0.1) is 13.2 Å². The number of aliphatic hydroxyl groups excluding tert-OH is 1. The fourth-order valence-electron chi connectivity index (χ4n) is 3.44. The average molecular weight is 389 g/mol. The summed E-state index contributed by atoms with van der Waals surface area (Å²) in [7, 11) is 0. The molecule has 1 aliphatic carbocycles. The standard InChI is InChI=1S/C23H19NO3S/c25-13-17-12-16(15-28-17)6-5-11-24-23(26)27-14-22-20-9-3-1-7-18(20)19-8-2-4-10-21(19)22/h1-4,7-10,12,15,22,25H,11,13-14H2,(H,24,26). The van der Waals surface area contributed by atoms with Gasteiger partial charge in [-0.3, -0.25) is 0 Å². The molecule has 3 aromatic rings. The summed E-state index contributed by atoms with van der Waals surface area (Å²) in [5.74, 6) is 5.90. The van der Waals surface area contributed by atoms with Crippen molar-refractivity contribution in [3.05, 3.63) is 81.5 Å². The van der Waals surface area contributed by atoms with Gasteiger partial charge in [0.25, 0.3) is 0 Å². The molecule has 4 nitrogen and oxygen atoms in total. The van der Waals surface area contributed by atoms with Crippen LogP contribution in [-0.2, 0) is 11.3 Å². The Morgan fingerprint density at radius 3 is 2.43 bits per heavy atom. The summed E-state index contributed by atoms with van der Waals surface area (Å²) in [6.07, 6.45) is -0.475. The Balaban J connectivity index is 1.34. The predicted molar refractivity (Wildman–Crippen MR) is 110 cm³/mol. The summed E-state index contributed by atoms with van der Waals surface area (Å²) in [4.78, 5) is 12.9. The van der Waals surface area contributed by atoms with Gasteiger partial charge >= 0.3 is 6.09 Å². The summed E-state index contributed by atoms with van der Waals surface area (Å²) in [5.41, 5.74) is 5.62. The number of hydrogen-bond acceptors (Lipinski definition) is 4. The van der Waals surface area contributed by atoms with Crippen LogP contribution < -0.4 is 5.32 Å². The average Bonchev–Trinajstić information content (AvgIpc) is 3.32. The summed E-state index contributed by atoms with van der Waals surface area (Å²) in [5, 5.41) is 13.6. The lowest BCUT2D eigenvalue weighted by Crippen LogP contribution is -2.26. The molecule has 4 rings (SSSR count). The van der Waals surface area contributed by atoms with Crippen molar-refractivity contribution in [1.29, 1.82) is 0 Å². The van der Waals surface area contributed by atoms with E-state index in [0.717, 1.165) is 10.4 Å². The Bertz CT molecular complexity index is 1020. The van der Waals surface area contributed by atoms with E-state index in [9.17, 15) is 4.79 Å². The summed E-state index contributed by atoms with van der Waals surface area (Å²) < 4.78 is 5.46. The molecule has 0 bridgehead atoms. The quantitative estimate of drug-likeness (QED) is 0.660. The van der Waals surface area contributed by atoms with Crippen LogP contribution >= 0.6 is 11.3 Å². The number of amides is 1. The van der Waals surface area contributed by atoms with Crippen molar-refractivity contribution in [3.8, 4) is 23.0 Å². The molecule has 0 radical (unpaired) electrons. The Kier molecular flexibility index (Phi) is 5.43. The van der Waals surface area contributed by atoms with Gasteiger partial charge in [-0.05, 0) is 28.3 Å². The highest BCUT2D eigenvalue weighted by molar-refractivity contribution is 7.10. The minimum absolute atomic E-state index is 0.0182. The van der Waals surface area contributed by atoms with E-state index < -0.39 is 6.09 Å². The van der Waals surface area contributed by atoms with E-state index in [0.29, 0.717) is 0 Å². The van der Waals surface area contributed by atoms with Crippen molar-refractivity contribution in [1.82, 2.24) is 5.32 Å². The number of ether oxygens (including phenoxy) is 1. The van der Waals surface area contributed by atoms with Crippen LogP contribution in [0.4, 0.5) is 4.79 Å². The van der Waals surface area contributed by atoms with Gasteiger partial charge in [0.15, 0.2) is 0 Å². The Morgan fingerprint density at radius 2 is 1.79 bits per heavy atom. The van der Waals surface area contributed by atoms with Gasteiger partial charge in [-0.1, -0.05) is 60.4 Å². The predicted octanol–water partition coefficient (Wildman–Crippen LogP) is 4.13. The van der Waals surface area contributed by atoms with Crippen molar-refractivity contribution in [2.45, 2.75) is 12.5 Å². The molecule has 140 valence electrons. The lowest BCUT2D eigenvalue weighted by Gasteiger charge is -2.14. The topological polar surface area (TPSA) is 58.6 Å². The highest BCUT2D eigenvalue weighted by atomic mass is 32.1. The first-order valence-corrected chi connectivity index (χ1v) is 9.90. The van der Waals surface area contributed by atoms with Crippen LogP contribution in [0.5, 0.6) is 0 Å². The zero-order chi connectivity index (χ0) is 19.3. The summed E-state index contributed by atoms with van der Waals surface area (Å²) in [6.45, 7) is 0.517. The number of benzene rings is 2. The van der Waals surface area contributed by atoms with E-state index in [4.69, 9.17) is 9.84 Å². The third kappa shape index (κ3) is 3.79. The van der Waals surface area contributed by atoms with Gasteiger partial charge in [-0.2, -0.15) is 0 Å². The van der Waals surface area contributed by atoms with Crippen LogP contribution in [0.1, 0.15) is 27.5 Å². The molecule has 0 spiro atoms. The Labute approximate surface area is 167 Å². The molecule has 0 saturated heterocycles. The fraction of sp³-hybridized carbons (Fsp3) is 0.174. The van der Waals surface area contributed by atoms with Gasteiger partial charge in [-0.25, -0.2) is 4.79 Å². The first-order valence-electron chi connectivity index (χ1n) is 9.02. The second-order valence-electron chi connectivity index (χ2n) is 6.44. The van der Waals surface area contributed by atoms with Crippen LogP contribution in [0.15, 0.2) is 60.0 Å². The van der Waals surface area contributed by atoms with Gasteiger partial charge < -0.3 is 15.2 Å². The molecule has 2 N–H and O–H groups in total. The fourth-order valence-corrected chi connectivity index (χ4v) is 4.12. The zero-order valence-corrected chi connectivity index (χ0v) is 16.0. The van der Waals surface area contributed by atoms with Crippen LogP contribution in [0.2, 0.25) is 0 Å². The van der Waals surface area contributed by atoms with E-state index in [-0.39, 0.29) is 25.7 Å². The largest absolute Gasteiger partial charge is 0.449 e. The van der Waals surface area contributed by atoms with Crippen molar-refractivity contribution < 1.29 is 14.6 Å². The number of carbonyl (C=O) groups is 1. The lowest BCUT2D eigenvalue weighted by atomic mass is 9.98. The number of aliphatic hydroxyl groups is 1. The smallest absolute Gasteiger partial charge is 0.407 e. The molecule has 5 heteroatoms. The molecular formula is C23H19NO3S. The molecule has 0 fully saturated rings. The third-order valence-corrected chi connectivity index (χ3v) is 5.63. The Morgan fingerprint density at radius 1 is 1.11 bits per heavy atom. The minimum atomic E-state index is -0.475. The molecule has 1 heterocycles. The zero-order valence-electron chi connectivity index (χ0n) is 15.1. The van der Waals surface area contributed by atoms with Crippen LogP contribution in [0, 0.1) is 11.8 Å². The first-order chi connectivity index (χ1) is 13.8. The monoisotopic (exact) mass is 389 g/mol. The maximum Gasteiger partial charge on any atom is 0.407 e. The molecular weight excluding hydrogens is 370 g/mol. The first kappa shape index (κ1) is 18.3. The van der Waals surface area contributed by atoms with Crippen LogP contribution in [0.25, 0.3) is 11.1 Å². The second-order valence-corrected chi connectivity index (χ2v) is 7.44. The molecule has 1 aliphatic rings. The maximum absolute atomic E-state index is 12.1. The van der Waals surface area contributed by atoms with Crippen molar-refractivity contribution in [3.63, 3.8) is 0 Å². The van der Waals surface area contributed by atoms with Gasteiger partial charge in [0, 0.05) is 21.7 Å². The van der Waals surface area contributed by atoms with E-state index in [1.54, 1.807) is 0 Å². The number of carbonyl (C=O) groups excluding carboxylic acids is 1. The maximum atomic E-state index is 12.1. The van der Waals surface area contributed by atoms with Gasteiger partial charge in [0.1, 0.15) is 6.61 Å². The second kappa shape index (κ2) is 8.30. The molecule has 1 aromatic heterocycles. The van der Waals surface area contributed by atoms with E-state index in [2.05, 4.69) is 41.4 Å². The van der Waals surface area contributed by atoms with Gasteiger partial charge in [0.2, 0.25) is 0 Å². The summed E-state index contributed by atoms with van der Waals surface area (Å²) >= 11 is 1.46. The molecule has 2 aromatic carbocycles. The minimum Gasteiger partial charge on any atom is -0.449 e. The van der Waals surface area contributed by atoms with E-state index in [1.165, 1.54) is 33.6 Å². The third-order valence-electron chi connectivity index (χ3n) is 4.71. The highest BCUT2D eigenvalue weighted by Crippen LogP contribution is 2.44. The highest BCUT2D eigenvalue weighted by Gasteiger charge is 2.28. The molecule has 1 amide bonds. The number of hydrogen-bond donors (Lipinski definition) is 2. The van der Waals surface area contributed by atoms with Crippen LogP contribution in [-0.4, -0.2) is 24.4 Å². The molecule has 0 aliphatic heterocycles. The molecule has 0 atom stereocenters. The normalized spacial score (nSPS) is 11.9. The number of nitrogens with one attached hydrogen (secondary N) is 1. The van der Waals surface area contributed by atoms with Gasteiger partial charge in [-0.15, -0.1) is 11.3 Å². The van der Waals surface area contributed by atoms with Crippen molar-refractivity contribution in [2.24, 2.45) is 0 Å². The van der Waals surface area contributed by atoms with E-state index >= 15 is 0 Å². The molecule has 0 saturated carbocycles. The Hall–Kier alpha value is -3.07. The molecule has 0 unspecified atom stereocenters. The molecule has 28 heavy (non-hydrogen) atoms. The number of alkyl carbamates (subject to hydrolysis) is 1. The van der Waals surface area contributed by atoms with Crippen LogP contribution in [0.3, 0.4) is 0 Å². The lowest BCUT2D eigenvalue weighted by molar-refractivity contribution is 0.144. The van der Waals surface area contributed by atoms with E-state index in [1.807, 2.05) is 35.7 Å². The SMILES string of the molecule is O=C(NCC#Cc1csc(CO)c1)OCC1c2ccccc2-c2ccccc21. The van der Waals surface area contributed by atoms with Crippen molar-refractivity contribution >= 4 is 17.4 Å². The van der Waals surface area contributed by atoms with Crippen molar-refractivity contribution in [2.75, 3.05) is 13.2 Å². The number of thiophene rings is 1.